The van der Waals surface area contributed by atoms with Crippen molar-refractivity contribution in [1.29, 1.82) is 5.26 Å². The van der Waals surface area contributed by atoms with Gasteiger partial charge in [0.2, 0.25) is 5.91 Å². The Bertz CT molecular complexity index is 257. The number of rotatable bonds is 6. The maximum Gasteiger partial charge on any atom is 0.237 e. The lowest BCUT2D eigenvalue weighted by atomic mass is 10.0. The van der Waals surface area contributed by atoms with Crippen molar-refractivity contribution in [1.82, 2.24) is 5.32 Å². The van der Waals surface area contributed by atoms with E-state index in [2.05, 4.69) is 18.3 Å². The molecule has 1 fully saturated rings. The summed E-state index contributed by atoms with van der Waals surface area (Å²) < 4.78 is 0. The Morgan fingerprint density at radius 1 is 1.53 bits per heavy atom. The average Bonchev–Trinajstić information content (AvgIpc) is 2.93. The molecule has 1 rings (SSSR count). The molecular formula is C12H20N2O. The van der Waals surface area contributed by atoms with Gasteiger partial charge in [-0.1, -0.05) is 26.7 Å². The van der Waals surface area contributed by atoms with Crippen LogP contribution in [0.1, 0.15) is 46.0 Å². The lowest BCUT2D eigenvalue weighted by Gasteiger charge is -2.08. The third-order valence-electron chi connectivity index (χ3n) is 2.96. The van der Waals surface area contributed by atoms with Crippen LogP contribution in [0.15, 0.2) is 0 Å². The Kier molecular flexibility index (Phi) is 4.61. The number of nitrogens with one attached hydrogen (secondary N) is 1. The zero-order valence-electron chi connectivity index (χ0n) is 9.62. The van der Waals surface area contributed by atoms with E-state index in [1.807, 2.05) is 6.92 Å². The van der Waals surface area contributed by atoms with Crippen LogP contribution in [0.2, 0.25) is 0 Å². The Hall–Kier alpha value is -1.04. The normalized spacial score (nSPS) is 25.4. The number of nitrogens with zero attached hydrogens (tertiary/aromatic N) is 1. The van der Waals surface area contributed by atoms with Crippen LogP contribution in [-0.4, -0.2) is 11.9 Å². The van der Waals surface area contributed by atoms with E-state index in [9.17, 15) is 4.79 Å². The summed E-state index contributed by atoms with van der Waals surface area (Å²) in [6.07, 6.45) is 5.02. The van der Waals surface area contributed by atoms with Gasteiger partial charge in [0.1, 0.15) is 5.92 Å². The van der Waals surface area contributed by atoms with Gasteiger partial charge in [0.05, 0.1) is 6.07 Å². The lowest BCUT2D eigenvalue weighted by molar-refractivity contribution is -0.123. The molecule has 0 saturated heterocycles. The smallest absolute Gasteiger partial charge is 0.237 e. The van der Waals surface area contributed by atoms with E-state index in [1.54, 1.807) is 0 Å². The maximum atomic E-state index is 11.6. The first kappa shape index (κ1) is 12.0. The molecule has 1 N–H and O–H groups in total. The summed E-state index contributed by atoms with van der Waals surface area (Å²) in [5.74, 6) is 0.153. The van der Waals surface area contributed by atoms with Gasteiger partial charge in [-0.2, -0.15) is 5.26 Å². The van der Waals surface area contributed by atoms with Crippen molar-refractivity contribution in [2.45, 2.75) is 52.0 Å². The van der Waals surface area contributed by atoms with Crippen molar-refractivity contribution in [3.63, 3.8) is 0 Å². The van der Waals surface area contributed by atoms with Gasteiger partial charge in [0.15, 0.2) is 0 Å². The first-order valence-corrected chi connectivity index (χ1v) is 5.92. The van der Waals surface area contributed by atoms with Crippen molar-refractivity contribution in [3.05, 3.63) is 0 Å². The summed E-state index contributed by atoms with van der Waals surface area (Å²) in [4.78, 5) is 11.6. The molecule has 1 aliphatic carbocycles. The monoisotopic (exact) mass is 208 g/mol. The van der Waals surface area contributed by atoms with E-state index >= 15 is 0 Å². The molecule has 0 aromatic rings. The maximum absolute atomic E-state index is 11.6. The summed E-state index contributed by atoms with van der Waals surface area (Å²) >= 11 is 0. The fraction of sp³-hybridized carbons (Fsp3) is 0.833. The lowest BCUT2D eigenvalue weighted by Crippen LogP contribution is -2.32. The van der Waals surface area contributed by atoms with Crippen LogP contribution in [0.3, 0.4) is 0 Å². The molecule has 0 radical (unpaired) electrons. The number of hydrogen-bond donors (Lipinski definition) is 1. The van der Waals surface area contributed by atoms with Crippen LogP contribution in [-0.2, 0) is 4.79 Å². The van der Waals surface area contributed by atoms with E-state index in [1.165, 1.54) is 12.8 Å². The molecule has 3 heteroatoms. The van der Waals surface area contributed by atoms with E-state index < -0.39 is 5.92 Å². The second-order valence-electron chi connectivity index (χ2n) is 4.37. The van der Waals surface area contributed by atoms with Crippen molar-refractivity contribution in [2.24, 2.45) is 11.8 Å². The van der Waals surface area contributed by atoms with E-state index in [-0.39, 0.29) is 5.91 Å². The molecule has 1 aliphatic rings. The highest BCUT2D eigenvalue weighted by atomic mass is 16.2. The molecule has 0 spiro atoms. The van der Waals surface area contributed by atoms with Gasteiger partial charge in [0, 0.05) is 6.04 Å². The van der Waals surface area contributed by atoms with Crippen LogP contribution < -0.4 is 5.32 Å². The zero-order valence-corrected chi connectivity index (χ0v) is 9.62. The van der Waals surface area contributed by atoms with Crippen molar-refractivity contribution >= 4 is 5.91 Å². The van der Waals surface area contributed by atoms with Gasteiger partial charge in [-0.05, 0) is 25.2 Å². The predicted molar refractivity (Wildman–Crippen MR) is 59.0 cm³/mol. The second-order valence-corrected chi connectivity index (χ2v) is 4.37. The van der Waals surface area contributed by atoms with Crippen LogP contribution in [0.4, 0.5) is 0 Å². The fourth-order valence-corrected chi connectivity index (χ4v) is 1.94. The Morgan fingerprint density at radius 3 is 2.80 bits per heavy atom. The number of carbonyl (C=O) groups excluding carboxylic acids is 1. The number of hydrogen-bond acceptors (Lipinski definition) is 2. The molecule has 1 amide bonds. The van der Waals surface area contributed by atoms with Gasteiger partial charge in [0.25, 0.3) is 0 Å². The van der Waals surface area contributed by atoms with Crippen molar-refractivity contribution < 1.29 is 4.79 Å². The van der Waals surface area contributed by atoms with E-state index in [4.69, 9.17) is 5.26 Å². The van der Waals surface area contributed by atoms with Crippen LogP contribution in [0.25, 0.3) is 0 Å². The quantitative estimate of drug-likeness (QED) is 0.727. The molecular weight excluding hydrogens is 188 g/mol. The molecule has 3 atom stereocenters. The second kappa shape index (κ2) is 5.75. The Morgan fingerprint density at radius 2 is 2.27 bits per heavy atom. The minimum Gasteiger partial charge on any atom is -0.352 e. The SMILES string of the molecule is CCCC(C#N)C(=O)NC1CC1CCC. The highest BCUT2D eigenvalue weighted by Gasteiger charge is 2.38. The minimum absolute atomic E-state index is 0.0667. The molecule has 1 saturated carbocycles. The number of amides is 1. The highest BCUT2D eigenvalue weighted by molar-refractivity contribution is 5.81. The van der Waals surface area contributed by atoms with Gasteiger partial charge in [-0.25, -0.2) is 0 Å². The molecule has 15 heavy (non-hydrogen) atoms. The molecule has 0 aromatic heterocycles. The van der Waals surface area contributed by atoms with Gasteiger partial charge in [-0.15, -0.1) is 0 Å². The predicted octanol–water partition coefficient (Wildman–Crippen LogP) is 2.23. The summed E-state index contributed by atoms with van der Waals surface area (Å²) in [5.41, 5.74) is 0. The molecule has 0 bridgehead atoms. The minimum atomic E-state index is -0.446. The Labute approximate surface area is 91.9 Å². The molecule has 3 unspecified atom stereocenters. The van der Waals surface area contributed by atoms with Gasteiger partial charge in [-0.3, -0.25) is 4.79 Å². The summed E-state index contributed by atoms with van der Waals surface area (Å²) in [6.45, 7) is 4.15. The van der Waals surface area contributed by atoms with Crippen molar-refractivity contribution in [3.8, 4) is 6.07 Å². The average molecular weight is 208 g/mol. The van der Waals surface area contributed by atoms with Gasteiger partial charge < -0.3 is 5.32 Å². The number of nitriles is 1. The molecule has 0 aliphatic heterocycles. The van der Waals surface area contributed by atoms with Gasteiger partial charge >= 0.3 is 0 Å². The highest BCUT2D eigenvalue weighted by Crippen LogP contribution is 2.34. The fourth-order valence-electron chi connectivity index (χ4n) is 1.94. The van der Waals surface area contributed by atoms with Crippen LogP contribution in [0.5, 0.6) is 0 Å². The van der Waals surface area contributed by atoms with Crippen LogP contribution in [0, 0.1) is 23.2 Å². The van der Waals surface area contributed by atoms with E-state index in [0.29, 0.717) is 18.4 Å². The third-order valence-corrected chi connectivity index (χ3v) is 2.96. The summed E-state index contributed by atoms with van der Waals surface area (Å²) in [6, 6.07) is 2.42. The van der Waals surface area contributed by atoms with Crippen molar-refractivity contribution in [2.75, 3.05) is 0 Å². The first-order valence-electron chi connectivity index (χ1n) is 5.92. The summed E-state index contributed by atoms with van der Waals surface area (Å²) in [7, 11) is 0. The molecule has 3 nitrogen and oxygen atoms in total. The third kappa shape index (κ3) is 3.54. The standard InChI is InChI=1S/C12H20N2O/c1-3-5-9-7-11(9)14-12(15)10(8-13)6-4-2/h9-11H,3-7H2,1-2H3,(H,14,15). The van der Waals surface area contributed by atoms with E-state index in [0.717, 1.165) is 12.8 Å². The molecule has 0 heterocycles. The summed E-state index contributed by atoms with van der Waals surface area (Å²) in [5, 5.41) is 11.8. The number of carbonyl (C=O) groups is 1. The largest absolute Gasteiger partial charge is 0.352 e. The molecule has 84 valence electrons. The van der Waals surface area contributed by atoms with Crippen LogP contribution >= 0.6 is 0 Å². The molecule has 0 aromatic carbocycles. The first-order chi connectivity index (χ1) is 7.22. The topological polar surface area (TPSA) is 52.9 Å². The Balaban J connectivity index is 2.27. The zero-order chi connectivity index (χ0) is 11.3.